The molecule has 0 spiro atoms. The zero-order chi connectivity index (χ0) is 22.5. The highest BCUT2D eigenvalue weighted by Gasteiger charge is 2.36. The lowest BCUT2D eigenvalue weighted by molar-refractivity contribution is -0.127. The Kier molecular flexibility index (Phi) is 7.05. The minimum atomic E-state index is -0.971. The van der Waals surface area contributed by atoms with E-state index in [2.05, 4.69) is 5.32 Å². The monoisotopic (exact) mass is 453 g/mol. The van der Waals surface area contributed by atoms with Gasteiger partial charge in [0.05, 0.1) is 17.8 Å². The maximum atomic E-state index is 15.0. The van der Waals surface area contributed by atoms with Gasteiger partial charge in [-0.15, -0.1) is 11.3 Å². The van der Waals surface area contributed by atoms with E-state index in [1.54, 1.807) is 18.2 Å². The van der Waals surface area contributed by atoms with Crippen molar-refractivity contribution in [1.82, 2.24) is 9.88 Å². The Morgan fingerprint density at radius 2 is 1.91 bits per heavy atom. The molecule has 1 saturated carbocycles. The number of thiophene rings is 1. The summed E-state index contributed by atoms with van der Waals surface area (Å²) in [5, 5.41) is 5.06. The Bertz CT molecular complexity index is 1060. The van der Waals surface area contributed by atoms with Crippen LogP contribution in [0.5, 0.6) is 0 Å². The van der Waals surface area contributed by atoms with Crippen LogP contribution >= 0.6 is 11.3 Å². The Hall–Kier alpha value is -2.93. The molecule has 1 fully saturated rings. The molecule has 4 rings (SSSR count). The van der Waals surface area contributed by atoms with Gasteiger partial charge in [0.2, 0.25) is 11.8 Å². The summed E-state index contributed by atoms with van der Waals surface area (Å²) in [5.41, 5.74) is 0.750. The summed E-state index contributed by atoms with van der Waals surface area (Å²) in [6.45, 7) is 0. The molecular weight excluding hydrogens is 425 g/mol. The summed E-state index contributed by atoms with van der Waals surface area (Å²) in [5.74, 6) is -1.12. The molecule has 0 saturated heterocycles. The highest BCUT2D eigenvalue weighted by molar-refractivity contribution is 7.10. The van der Waals surface area contributed by atoms with E-state index in [-0.39, 0.29) is 30.0 Å². The van der Waals surface area contributed by atoms with E-state index in [9.17, 15) is 14.0 Å². The van der Waals surface area contributed by atoms with Crippen molar-refractivity contribution in [3.63, 3.8) is 0 Å². The van der Waals surface area contributed by atoms with E-state index in [0.717, 1.165) is 30.6 Å². The predicted octanol–water partition coefficient (Wildman–Crippen LogP) is 4.99. The molecule has 0 bridgehead atoms. The molecule has 1 atom stereocenters. The van der Waals surface area contributed by atoms with Crippen molar-refractivity contribution in [2.24, 2.45) is 7.05 Å². The van der Waals surface area contributed by atoms with Crippen LogP contribution in [0, 0.1) is 5.82 Å². The van der Waals surface area contributed by atoms with Gasteiger partial charge in [-0.05, 0) is 48.6 Å². The minimum absolute atomic E-state index is 0.0777. The number of aromatic nitrogens is 1. The first kappa shape index (κ1) is 22.3. The van der Waals surface area contributed by atoms with E-state index < -0.39 is 11.9 Å². The molecule has 168 valence electrons. The summed E-state index contributed by atoms with van der Waals surface area (Å²) in [6.07, 6.45) is 7.11. The molecule has 1 unspecified atom stereocenters. The van der Waals surface area contributed by atoms with Crippen molar-refractivity contribution in [2.75, 3.05) is 4.90 Å². The van der Waals surface area contributed by atoms with Crippen LogP contribution in [0.2, 0.25) is 0 Å². The lowest BCUT2D eigenvalue weighted by Gasteiger charge is -2.33. The second kappa shape index (κ2) is 10.1. The summed E-state index contributed by atoms with van der Waals surface area (Å²) < 4.78 is 16.8. The third kappa shape index (κ3) is 4.93. The largest absolute Gasteiger partial charge is 0.352 e. The van der Waals surface area contributed by atoms with E-state index >= 15 is 0 Å². The van der Waals surface area contributed by atoms with Gasteiger partial charge in [-0.3, -0.25) is 14.5 Å². The highest BCUT2D eigenvalue weighted by Crippen LogP contribution is 2.32. The number of hydrogen-bond donors (Lipinski definition) is 1. The fourth-order valence-electron chi connectivity index (χ4n) is 4.38. The van der Waals surface area contributed by atoms with Gasteiger partial charge >= 0.3 is 0 Å². The van der Waals surface area contributed by atoms with Gasteiger partial charge in [-0.2, -0.15) is 0 Å². The molecule has 32 heavy (non-hydrogen) atoms. The standard InChI is InChI=1S/C25H28FN3O2S/c1-28-15-7-14-22(28)24(25(31)27-18-9-3-2-4-10-18)29(21-13-6-5-12-20(21)26)23(30)17-19-11-8-16-32-19/h5-8,11-16,18,24H,2-4,9-10,17H2,1H3,(H,27,31). The van der Waals surface area contributed by atoms with Crippen molar-refractivity contribution >= 4 is 28.8 Å². The summed E-state index contributed by atoms with van der Waals surface area (Å²) in [4.78, 5) is 29.4. The zero-order valence-corrected chi connectivity index (χ0v) is 19.0. The zero-order valence-electron chi connectivity index (χ0n) is 18.2. The van der Waals surface area contributed by atoms with Gasteiger partial charge < -0.3 is 9.88 Å². The van der Waals surface area contributed by atoms with Crippen molar-refractivity contribution in [2.45, 2.75) is 50.6 Å². The number of carbonyl (C=O) groups excluding carboxylic acids is 2. The van der Waals surface area contributed by atoms with Gasteiger partial charge in [-0.1, -0.05) is 37.5 Å². The second-order valence-electron chi connectivity index (χ2n) is 8.26. The average Bonchev–Trinajstić information content (AvgIpc) is 3.45. The average molecular weight is 454 g/mol. The molecule has 7 heteroatoms. The molecule has 2 heterocycles. The smallest absolute Gasteiger partial charge is 0.249 e. The van der Waals surface area contributed by atoms with Crippen LogP contribution in [-0.4, -0.2) is 22.4 Å². The van der Waals surface area contributed by atoms with Crippen LogP contribution in [0.4, 0.5) is 10.1 Å². The SMILES string of the molecule is Cn1cccc1C(C(=O)NC1CCCCC1)N(C(=O)Cc1cccs1)c1ccccc1F. The maximum Gasteiger partial charge on any atom is 0.249 e. The fraction of sp³-hybridized carbons (Fsp3) is 0.360. The van der Waals surface area contributed by atoms with Crippen LogP contribution in [-0.2, 0) is 23.1 Å². The number of rotatable bonds is 7. The van der Waals surface area contributed by atoms with Gasteiger partial charge in [0.25, 0.3) is 0 Å². The van der Waals surface area contributed by atoms with E-state index in [1.165, 1.54) is 28.7 Å². The minimum Gasteiger partial charge on any atom is -0.352 e. The Labute approximate surface area is 191 Å². The number of carbonyl (C=O) groups is 2. The molecule has 1 aliphatic carbocycles. The number of anilines is 1. The number of amides is 2. The van der Waals surface area contributed by atoms with Gasteiger partial charge in [0.1, 0.15) is 5.82 Å². The molecular formula is C25H28FN3O2S. The van der Waals surface area contributed by atoms with Crippen molar-refractivity contribution in [3.05, 3.63) is 76.5 Å². The number of aryl methyl sites for hydroxylation is 1. The number of benzene rings is 1. The number of halogens is 1. The summed E-state index contributed by atoms with van der Waals surface area (Å²) in [6, 6.07) is 12.7. The number of nitrogens with one attached hydrogen (secondary N) is 1. The normalized spacial score (nSPS) is 15.3. The molecule has 1 N–H and O–H groups in total. The molecule has 0 aliphatic heterocycles. The molecule has 1 aliphatic rings. The van der Waals surface area contributed by atoms with Gasteiger partial charge in [-0.25, -0.2) is 4.39 Å². The second-order valence-corrected chi connectivity index (χ2v) is 9.29. The first-order chi connectivity index (χ1) is 15.5. The van der Waals surface area contributed by atoms with Crippen LogP contribution < -0.4 is 10.2 Å². The first-order valence-corrected chi connectivity index (χ1v) is 11.9. The van der Waals surface area contributed by atoms with Gasteiger partial charge in [0, 0.05) is 24.2 Å². The predicted molar refractivity (Wildman–Crippen MR) is 125 cm³/mol. The van der Waals surface area contributed by atoms with Crippen molar-refractivity contribution in [3.8, 4) is 0 Å². The Morgan fingerprint density at radius 3 is 2.56 bits per heavy atom. The van der Waals surface area contributed by atoms with Crippen molar-refractivity contribution < 1.29 is 14.0 Å². The summed E-state index contributed by atoms with van der Waals surface area (Å²) >= 11 is 1.47. The molecule has 0 radical (unpaired) electrons. The van der Waals surface area contributed by atoms with E-state index in [0.29, 0.717) is 5.69 Å². The lowest BCUT2D eigenvalue weighted by atomic mass is 9.95. The fourth-order valence-corrected chi connectivity index (χ4v) is 5.08. The van der Waals surface area contributed by atoms with E-state index in [4.69, 9.17) is 0 Å². The van der Waals surface area contributed by atoms with Crippen molar-refractivity contribution in [1.29, 1.82) is 0 Å². The number of hydrogen-bond acceptors (Lipinski definition) is 3. The number of para-hydroxylation sites is 1. The van der Waals surface area contributed by atoms with Crippen LogP contribution in [0.1, 0.15) is 48.7 Å². The third-order valence-electron chi connectivity index (χ3n) is 6.01. The third-order valence-corrected chi connectivity index (χ3v) is 6.88. The van der Waals surface area contributed by atoms with E-state index in [1.807, 2.05) is 47.5 Å². The molecule has 1 aromatic carbocycles. The quantitative estimate of drug-likeness (QED) is 0.548. The lowest BCUT2D eigenvalue weighted by Crippen LogP contribution is -2.48. The Balaban J connectivity index is 1.75. The topological polar surface area (TPSA) is 54.3 Å². The van der Waals surface area contributed by atoms with Crippen LogP contribution in [0.25, 0.3) is 0 Å². The summed E-state index contributed by atoms with van der Waals surface area (Å²) in [7, 11) is 1.83. The first-order valence-electron chi connectivity index (χ1n) is 11.0. The number of nitrogens with zero attached hydrogens (tertiary/aromatic N) is 2. The molecule has 5 nitrogen and oxygen atoms in total. The highest BCUT2D eigenvalue weighted by atomic mass is 32.1. The van der Waals surface area contributed by atoms with Crippen LogP contribution in [0.15, 0.2) is 60.1 Å². The molecule has 3 aromatic rings. The Morgan fingerprint density at radius 1 is 1.12 bits per heavy atom. The molecule has 2 aromatic heterocycles. The molecule has 2 amide bonds. The van der Waals surface area contributed by atoms with Crippen LogP contribution in [0.3, 0.4) is 0 Å². The maximum absolute atomic E-state index is 15.0. The van der Waals surface area contributed by atoms with Gasteiger partial charge in [0.15, 0.2) is 6.04 Å².